The van der Waals surface area contributed by atoms with E-state index in [0.29, 0.717) is 29.9 Å². The van der Waals surface area contributed by atoms with Gasteiger partial charge in [-0.05, 0) is 45.4 Å². The van der Waals surface area contributed by atoms with Crippen LogP contribution in [0.15, 0.2) is 6.33 Å². The number of nitrogens with zero attached hydrogens (tertiary/aromatic N) is 4. The zero-order chi connectivity index (χ0) is 20.2. The van der Waals surface area contributed by atoms with Gasteiger partial charge >= 0.3 is 0 Å². The molecule has 0 spiro atoms. The van der Waals surface area contributed by atoms with Crippen LogP contribution in [0.2, 0.25) is 0 Å². The van der Waals surface area contributed by atoms with Crippen molar-refractivity contribution in [3.8, 4) is 0 Å². The smallest absolute Gasteiger partial charge is 0.227 e. The van der Waals surface area contributed by atoms with Crippen molar-refractivity contribution < 1.29 is 9.84 Å². The number of nitrogens with one attached hydrogen (secondary N) is 2. The Labute approximate surface area is 195 Å². The lowest BCUT2D eigenvalue weighted by Crippen LogP contribution is -2.33. The molecule has 0 aliphatic heterocycles. The summed E-state index contributed by atoms with van der Waals surface area (Å²) >= 11 is 0. The summed E-state index contributed by atoms with van der Waals surface area (Å²) in [5.41, 5.74) is 7.66. The normalized spacial score (nSPS) is 22.5. The van der Waals surface area contributed by atoms with Crippen LogP contribution in [0.25, 0.3) is 11.2 Å². The first-order valence-corrected chi connectivity index (χ1v) is 10.9. The molecule has 2 heterocycles. The highest BCUT2D eigenvalue weighted by Gasteiger charge is 2.24. The summed E-state index contributed by atoms with van der Waals surface area (Å²) in [7, 11) is 0. The molecule has 0 aromatic carbocycles. The topological polar surface area (TPSA) is 123 Å². The van der Waals surface area contributed by atoms with Gasteiger partial charge in [0.2, 0.25) is 5.95 Å². The van der Waals surface area contributed by atoms with Crippen molar-refractivity contribution in [3.63, 3.8) is 0 Å². The molecule has 5 N–H and O–H groups in total. The van der Waals surface area contributed by atoms with E-state index in [4.69, 9.17) is 25.5 Å². The van der Waals surface area contributed by atoms with Crippen LogP contribution in [0, 0.1) is 0 Å². The van der Waals surface area contributed by atoms with Crippen LogP contribution in [-0.2, 0) is 4.74 Å². The van der Waals surface area contributed by atoms with Crippen molar-refractivity contribution in [2.45, 2.75) is 82.6 Å². The minimum absolute atomic E-state index is 0. The van der Waals surface area contributed by atoms with E-state index in [1.54, 1.807) is 0 Å². The number of hydrogen-bond donors (Lipinski definition) is 4. The van der Waals surface area contributed by atoms with E-state index in [1.807, 2.05) is 13.3 Å². The number of hydrogen-bond acceptors (Lipinski definition) is 8. The molecule has 0 radical (unpaired) electrons. The van der Waals surface area contributed by atoms with Gasteiger partial charge in [0.15, 0.2) is 17.0 Å². The highest BCUT2D eigenvalue weighted by molar-refractivity contribution is 5.86. The Kier molecular flexibility index (Phi) is 10.0. The first-order valence-electron chi connectivity index (χ1n) is 10.9. The van der Waals surface area contributed by atoms with Crippen LogP contribution in [0.5, 0.6) is 0 Å². The number of aromatic nitrogens is 4. The van der Waals surface area contributed by atoms with Gasteiger partial charge in [-0.1, -0.05) is 12.8 Å². The Bertz CT molecular complexity index is 808. The van der Waals surface area contributed by atoms with E-state index in [-0.39, 0.29) is 44.3 Å². The van der Waals surface area contributed by atoms with Crippen molar-refractivity contribution in [2.75, 3.05) is 23.8 Å². The second kappa shape index (κ2) is 12.0. The molecule has 11 heteroatoms. The quantitative estimate of drug-likeness (QED) is 0.429. The standard InChI is InChI=1S/C20H33N7O2.2ClH/c1-13(29-11-10-28)23-18-17-19(27(12-22-17)16-4-2-3-5-16)26-20(25-18)24-15-8-6-14(21)7-9-15;;/h12-16,28H,2-11,21H2,1H3,(H2,23,24,25,26);2*1H. The molecular formula is C20H35Cl2N7O2. The molecular weight excluding hydrogens is 441 g/mol. The second-order valence-corrected chi connectivity index (χ2v) is 8.30. The van der Waals surface area contributed by atoms with E-state index < -0.39 is 0 Å². The van der Waals surface area contributed by atoms with Crippen LogP contribution in [-0.4, -0.2) is 56.2 Å². The number of halogens is 2. The van der Waals surface area contributed by atoms with E-state index in [2.05, 4.69) is 20.2 Å². The highest BCUT2D eigenvalue weighted by atomic mass is 35.5. The van der Waals surface area contributed by atoms with Gasteiger partial charge in [0.05, 0.1) is 19.5 Å². The van der Waals surface area contributed by atoms with Gasteiger partial charge in [0.25, 0.3) is 0 Å². The first-order chi connectivity index (χ1) is 14.1. The molecule has 9 nitrogen and oxygen atoms in total. The molecule has 1 unspecified atom stereocenters. The van der Waals surface area contributed by atoms with Crippen LogP contribution >= 0.6 is 24.8 Å². The molecule has 2 saturated carbocycles. The number of anilines is 2. The molecule has 1 atom stereocenters. The van der Waals surface area contributed by atoms with E-state index in [9.17, 15) is 0 Å². The summed E-state index contributed by atoms with van der Waals surface area (Å²) in [6.45, 7) is 2.15. The molecule has 2 aliphatic carbocycles. The summed E-state index contributed by atoms with van der Waals surface area (Å²) < 4.78 is 7.77. The fourth-order valence-electron chi connectivity index (χ4n) is 4.44. The predicted octanol–water partition coefficient (Wildman–Crippen LogP) is 3.23. The Balaban J connectivity index is 0.00000171. The molecule has 2 aromatic rings. The van der Waals surface area contributed by atoms with Crippen molar-refractivity contribution in [1.29, 1.82) is 0 Å². The van der Waals surface area contributed by atoms with Crippen molar-refractivity contribution in [2.24, 2.45) is 5.73 Å². The SMILES string of the molecule is CC(Nc1nc(NC2CCC(N)CC2)nc2c1ncn2C1CCCC1)OCCO.Cl.Cl. The lowest BCUT2D eigenvalue weighted by Gasteiger charge is -2.27. The monoisotopic (exact) mass is 475 g/mol. The van der Waals surface area contributed by atoms with Gasteiger partial charge in [-0.2, -0.15) is 9.97 Å². The Hall–Kier alpha value is -1.39. The second-order valence-electron chi connectivity index (χ2n) is 8.30. The average Bonchev–Trinajstić information content (AvgIpc) is 3.38. The molecule has 0 amide bonds. The maximum atomic E-state index is 9.01. The van der Waals surface area contributed by atoms with Crippen LogP contribution in [0.1, 0.15) is 64.3 Å². The molecule has 0 saturated heterocycles. The van der Waals surface area contributed by atoms with Crippen molar-refractivity contribution in [3.05, 3.63) is 6.33 Å². The molecule has 2 aliphatic rings. The van der Waals surface area contributed by atoms with Gasteiger partial charge in [-0.3, -0.25) is 0 Å². The van der Waals surface area contributed by atoms with Crippen LogP contribution < -0.4 is 16.4 Å². The Morgan fingerprint density at radius 2 is 1.87 bits per heavy atom. The number of aliphatic hydroxyl groups is 1. The zero-order valence-electron chi connectivity index (χ0n) is 18.0. The summed E-state index contributed by atoms with van der Waals surface area (Å²) in [6, 6.07) is 1.10. The van der Waals surface area contributed by atoms with Crippen LogP contribution in [0.3, 0.4) is 0 Å². The molecule has 4 rings (SSSR count). The Morgan fingerprint density at radius 3 is 2.55 bits per heavy atom. The third kappa shape index (κ3) is 6.32. The molecule has 2 aromatic heterocycles. The summed E-state index contributed by atoms with van der Waals surface area (Å²) in [4.78, 5) is 14.2. The molecule has 0 bridgehead atoms. The number of aliphatic hydroxyl groups excluding tert-OH is 1. The van der Waals surface area contributed by atoms with Gasteiger partial charge in [-0.15, -0.1) is 24.8 Å². The third-order valence-corrected chi connectivity index (χ3v) is 6.04. The molecule has 176 valence electrons. The van der Waals surface area contributed by atoms with Gasteiger partial charge < -0.3 is 30.8 Å². The van der Waals surface area contributed by atoms with Gasteiger partial charge in [0.1, 0.15) is 6.23 Å². The first kappa shape index (κ1) is 25.9. The third-order valence-electron chi connectivity index (χ3n) is 6.04. The number of ether oxygens (including phenoxy) is 1. The van der Waals surface area contributed by atoms with E-state index >= 15 is 0 Å². The van der Waals surface area contributed by atoms with Crippen LogP contribution in [0.4, 0.5) is 11.8 Å². The minimum atomic E-state index is -0.294. The summed E-state index contributed by atoms with van der Waals surface area (Å²) in [5, 5.41) is 15.8. The Morgan fingerprint density at radius 1 is 1.16 bits per heavy atom. The maximum Gasteiger partial charge on any atom is 0.227 e. The predicted molar refractivity (Wildman–Crippen MR) is 127 cm³/mol. The average molecular weight is 476 g/mol. The number of imidazole rings is 1. The lowest BCUT2D eigenvalue weighted by atomic mass is 9.92. The van der Waals surface area contributed by atoms with Crippen molar-refractivity contribution in [1.82, 2.24) is 19.5 Å². The van der Waals surface area contributed by atoms with Gasteiger partial charge in [-0.25, -0.2) is 4.98 Å². The number of rotatable bonds is 8. The van der Waals surface area contributed by atoms with Crippen molar-refractivity contribution >= 4 is 47.7 Å². The molecule has 31 heavy (non-hydrogen) atoms. The molecule has 2 fully saturated rings. The minimum Gasteiger partial charge on any atom is -0.394 e. The van der Waals surface area contributed by atoms with Gasteiger partial charge in [0, 0.05) is 18.1 Å². The number of nitrogens with two attached hydrogens (primary N) is 1. The lowest BCUT2D eigenvalue weighted by molar-refractivity contribution is 0.0541. The fraction of sp³-hybridized carbons (Fsp3) is 0.750. The largest absolute Gasteiger partial charge is 0.394 e. The summed E-state index contributed by atoms with van der Waals surface area (Å²) in [6.07, 6.45) is 10.5. The fourth-order valence-corrected chi connectivity index (χ4v) is 4.44. The van der Waals surface area contributed by atoms with E-state index in [1.165, 1.54) is 12.8 Å². The summed E-state index contributed by atoms with van der Waals surface area (Å²) in [5.74, 6) is 1.28. The van der Waals surface area contributed by atoms with E-state index in [0.717, 1.165) is 49.7 Å². The maximum absolute atomic E-state index is 9.01. The highest BCUT2D eigenvalue weighted by Crippen LogP contribution is 2.33. The zero-order valence-corrected chi connectivity index (χ0v) is 19.6. The number of fused-ring (bicyclic) bond motifs is 1.